The number of amides is 1. The highest BCUT2D eigenvalue weighted by Gasteiger charge is 2.43. The van der Waals surface area contributed by atoms with Crippen LogP contribution in [0.5, 0.6) is 5.75 Å². The molecule has 2 aromatic carbocycles. The Labute approximate surface area is 201 Å². The molecule has 0 saturated carbocycles. The zero-order valence-corrected chi connectivity index (χ0v) is 20.3. The summed E-state index contributed by atoms with van der Waals surface area (Å²) >= 11 is 0. The predicted molar refractivity (Wildman–Crippen MR) is 127 cm³/mol. The van der Waals surface area contributed by atoms with Gasteiger partial charge in [0.25, 0.3) is 0 Å². The largest absolute Gasteiger partial charge is 0.493 e. The molecule has 4 rings (SSSR count). The molecule has 0 N–H and O–H groups in total. The van der Waals surface area contributed by atoms with Gasteiger partial charge in [-0.15, -0.1) is 0 Å². The fraction of sp³-hybridized carbons (Fsp3) is 0.480. The van der Waals surface area contributed by atoms with E-state index in [1.165, 1.54) is 22.5 Å². The van der Waals surface area contributed by atoms with E-state index in [0.717, 1.165) is 19.2 Å². The third kappa shape index (κ3) is 5.76. The number of halogens is 1. The fourth-order valence-electron chi connectivity index (χ4n) is 4.70. The lowest BCUT2D eigenvalue weighted by molar-refractivity contribution is -0.136. The normalized spacial score (nSPS) is 22.5. The monoisotopic (exact) mass is 489 g/mol. The Hall–Kier alpha value is -2.49. The van der Waals surface area contributed by atoms with Crippen LogP contribution >= 0.6 is 0 Å². The van der Waals surface area contributed by atoms with Gasteiger partial charge in [0.15, 0.2) is 0 Å². The van der Waals surface area contributed by atoms with Crippen LogP contribution in [0, 0.1) is 11.2 Å². The van der Waals surface area contributed by atoms with E-state index in [1.54, 1.807) is 0 Å². The third-order valence-corrected chi connectivity index (χ3v) is 8.57. The van der Waals surface area contributed by atoms with Crippen molar-refractivity contribution < 1.29 is 22.3 Å². The molecule has 7 nitrogen and oxygen atoms in total. The fourth-order valence-corrected chi connectivity index (χ4v) is 6.32. The molecule has 0 aromatic heterocycles. The van der Waals surface area contributed by atoms with E-state index >= 15 is 0 Å². The number of carbonyl (C=O) groups excluding carboxylic acids is 1. The zero-order valence-electron chi connectivity index (χ0n) is 19.5. The maximum atomic E-state index is 13.8. The van der Waals surface area contributed by atoms with Gasteiger partial charge >= 0.3 is 0 Å². The van der Waals surface area contributed by atoms with Crippen LogP contribution in [0.3, 0.4) is 0 Å². The molecule has 0 radical (unpaired) electrons. The topological polar surface area (TPSA) is 70.2 Å². The van der Waals surface area contributed by atoms with Crippen molar-refractivity contribution in [1.29, 1.82) is 0 Å². The minimum atomic E-state index is -3.90. The van der Waals surface area contributed by atoms with Crippen molar-refractivity contribution in [1.82, 2.24) is 14.1 Å². The second-order valence-corrected chi connectivity index (χ2v) is 11.3. The Morgan fingerprint density at radius 2 is 1.76 bits per heavy atom. The van der Waals surface area contributed by atoms with Crippen LogP contribution in [0.15, 0.2) is 59.5 Å². The number of ether oxygens (including phenoxy) is 1. The van der Waals surface area contributed by atoms with Crippen LogP contribution in [-0.4, -0.2) is 81.4 Å². The maximum Gasteiger partial charge on any atom is 0.243 e. The summed E-state index contributed by atoms with van der Waals surface area (Å²) in [6, 6.07) is 14.4. The van der Waals surface area contributed by atoms with E-state index in [-0.39, 0.29) is 30.4 Å². The number of likely N-dealkylation sites (N-methyl/N-ethyl adjacent to an activating group) is 1. The molecular weight excluding hydrogens is 457 g/mol. The van der Waals surface area contributed by atoms with Gasteiger partial charge in [0.05, 0.1) is 11.5 Å². The predicted octanol–water partition coefficient (Wildman–Crippen LogP) is 2.84. The van der Waals surface area contributed by atoms with Gasteiger partial charge in [-0.25, -0.2) is 12.8 Å². The van der Waals surface area contributed by atoms with Crippen molar-refractivity contribution in [2.24, 2.45) is 5.41 Å². The lowest BCUT2D eigenvalue weighted by atomic mass is 9.78. The summed E-state index contributed by atoms with van der Waals surface area (Å²) in [4.78, 5) is 17.3. The van der Waals surface area contributed by atoms with Gasteiger partial charge in [-0.05, 0) is 50.2 Å². The number of sulfonamides is 1. The van der Waals surface area contributed by atoms with Crippen molar-refractivity contribution in [3.63, 3.8) is 0 Å². The second kappa shape index (κ2) is 10.4. The summed E-state index contributed by atoms with van der Waals surface area (Å²) in [5.74, 6) is 0.107. The average molecular weight is 490 g/mol. The van der Waals surface area contributed by atoms with Crippen LogP contribution in [0.2, 0.25) is 0 Å². The molecule has 9 heteroatoms. The number of piperidine rings is 1. The quantitative estimate of drug-likeness (QED) is 0.598. The van der Waals surface area contributed by atoms with Crippen molar-refractivity contribution in [3.8, 4) is 5.75 Å². The van der Waals surface area contributed by atoms with Crippen molar-refractivity contribution in [2.45, 2.75) is 24.2 Å². The van der Waals surface area contributed by atoms with E-state index in [0.29, 0.717) is 38.2 Å². The molecule has 2 aromatic rings. The minimum Gasteiger partial charge on any atom is -0.493 e. The maximum absolute atomic E-state index is 13.8. The molecule has 2 fully saturated rings. The number of hydrogen-bond donors (Lipinski definition) is 0. The van der Waals surface area contributed by atoms with E-state index in [4.69, 9.17) is 4.74 Å². The molecule has 1 atom stereocenters. The molecule has 2 saturated heterocycles. The number of rotatable bonds is 7. The molecule has 0 aliphatic carbocycles. The lowest BCUT2D eigenvalue weighted by Gasteiger charge is -2.43. The standard InChI is InChI=1S/C25H32FN3O4S/c1-27-13-15-28(16-14-27)24(30)18-25(20-33-22-8-3-2-4-9-22)11-6-12-29(19-25)34(31,32)23-10-5-7-21(26)17-23/h2-5,7-10,17H,6,11-16,18-20H2,1H3. The molecule has 2 aliphatic heterocycles. The summed E-state index contributed by atoms with van der Waals surface area (Å²) < 4.78 is 47.9. The first-order valence-electron chi connectivity index (χ1n) is 11.7. The molecular formula is C25H32FN3O4S. The highest BCUT2D eigenvalue weighted by molar-refractivity contribution is 7.89. The molecule has 0 spiro atoms. The number of piperazine rings is 1. The highest BCUT2D eigenvalue weighted by Crippen LogP contribution is 2.37. The minimum absolute atomic E-state index is 0.0229. The Morgan fingerprint density at radius 3 is 2.47 bits per heavy atom. The smallest absolute Gasteiger partial charge is 0.243 e. The zero-order chi connectivity index (χ0) is 24.2. The Morgan fingerprint density at radius 1 is 1.03 bits per heavy atom. The second-order valence-electron chi connectivity index (χ2n) is 9.36. The molecule has 1 amide bonds. The van der Waals surface area contributed by atoms with Crippen LogP contribution in [-0.2, 0) is 14.8 Å². The summed E-state index contributed by atoms with van der Waals surface area (Å²) in [5, 5.41) is 0. The van der Waals surface area contributed by atoms with Gasteiger partial charge in [0.2, 0.25) is 15.9 Å². The third-order valence-electron chi connectivity index (χ3n) is 6.73. The first kappa shape index (κ1) is 24.6. The number of nitrogens with zero attached hydrogens (tertiary/aromatic N) is 3. The average Bonchev–Trinajstić information content (AvgIpc) is 2.84. The van der Waals surface area contributed by atoms with E-state index in [9.17, 15) is 17.6 Å². The SMILES string of the molecule is CN1CCN(C(=O)CC2(COc3ccccc3)CCCN(S(=O)(=O)c3cccc(F)c3)C2)CC1. The Balaban J connectivity index is 1.56. The Bertz CT molecular complexity index is 1090. The first-order valence-corrected chi connectivity index (χ1v) is 13.1. The van der Waals surface area contributed by atoms with Gasteiger partial charge in [0, 0.05) is 51.1 Å². The summed E-state index contributed by atoms with van der Waals surface area (Å²) in [6.07, 6.45) is 1.48. The highest BCUT2D eigenvalue weighted by atomic mass is 32.2. The van der Waals surface area contributed by atoms with Gasteiger partial charge < -0.3 is 14.5 Å². The van der Waals surface area contributed by atoms with Crippen LogP contribution in [0.1, 0.15) is 19.3 Å². The molecule has 184 valence electrons. The van der Waals surface area contributed by atoms with Crippen LogP contribution < -0.4 is 4.74 Å². The van der Waals surface area contributed by atoms with E-state index in [1.807, 2.05) is 42.3 Å². The molecule has 1 unspecified atom stereocenters. The van der Waals surface area contributed by atoms with Crippen LogP contribution in [0.25, 0.3) is 0 Å². The Kier molecular flexibility index (Phi) is 7.54. The van der Waals surface area contributed by atoms with Crippen molar-refractivity contribution in [2.75, 3.05) is 52.9 Å². The first-order chi connectivity index (χ1) is 16.3. The van der Waals surface area contributed by atoms with Crippen molar-refractivity contribution in [3.05, 3.63) is 60.4 Å². The number of hydrogen-bond acceptors (Lipinski definition) is 5. The summed E-state index contributed by atoms with van der Waals surface area (Å²) in [5.41, 5.74) is -0.672. The van der Waals surface area contributed by atoms with Gasteiger partial charge in [-0.1, -0.05) is 24.3 Å². The van der Waals surface area contributed by atoms with Crippen molar-refractivity contribution >= 4 is 15.9 Å². The van der Waals surface area contributed by atoms with Crippen LogP contribution in [0.4, 0.5) is 4.39 Å². The number of benzene rings is 2. The summed E-state index contributed by atoms with van der Waals surface area (Å²) in [7, 11) is -1.87. The number of para-hydroxylation sites is 1. The van der Waals surface area contributed by atoms with E-state index in [2.05, 4.69) is 4.90 Å². The molecule has 2 heterocycles. The molecule has 2 aliphatic rings. The van der Waals surface area contributed by atoms with Gasteiger partial charge in [-0.3, -0.25) is 4.79 Å². The van der Waals surface area contributed by atoms with Gasteiger partial charge in [0.1, 0.15) is 11.6 Å². The lowest BCUT2D eigenvalue weighted by Crippen LogP contribution is -2.53. The molecule has 34 heavy (non-hydrogen) atoms. The summed E-state index contributed by atoms with van der Waals surface area (Å²) in [6.45, 7) is 3.67. The van der Waals surface area contributed by atoms with E-state index < -0.39 is 21.3 Å². The van der Waals surface area contributed by atoms with Gasteiger partial charge in [-0.2, -0.15) is 4.31 Å². The molecule has 0 bridgehead atoms. The number of carbonyl (C=O) groups is 1.